The van der Waals surface area contributed by atoms with E-state index in [-0.39, 0.29) is 0 Å². The number of nitrogens with one attached hydrogen (secondary N) is 1. The third-order valence-corrected chi connectivity index (χ3v) is 3.17. The van der Waals surface area contributed by atoms with Gasteiger partial charge in [0.25, 0.3) is 0 Å². The number of rotatable bonds is 8. The van der Waals surface area contributed by atoms with Crippen LogP contribution >= 0.6 is 0 Å². The number of hydrogen-bond donors (Lipinski definition) is 1. The van der Waals surface area contributed by atoms with Crippen molar-refractivity contribution < 1.29 is 0 Å². The Morgan fingerprint density at radius 2 is 1.94 bits per heavy atom. The maximum absolute atomic E-state index is 3.23. The fourth-order valence-corrected chi connectivity index (χ4v) is 2.10. The predicted molar refractivity (Wildman–Crippen MR) is 75.1 cm³/mol. The van der Waals surface area contributed by atoms with Crippen LogP contribution in [-0.4, -0.2) is 31.1 Å². The molecule has 0 amide bonds. The van der Waals surface area contributed by atoms with Gasteiger partial charge in [-0.1, -0.05) is 37.3 Å². The lowest BCUT2D eigenvalue weighted by Crippen LogP contribution is -2.35. The summed E-state index contributed by atoms with van der Waals surface area (Å²) in [6, 6.07) is 11.4. The summed E-state index contributed by atoms with van der Waals surface area (Å²) in [5.41, 5.74) is 1.41. The minimum Gasteiger partial charge on any atom is -0.320 e. The van der Waals surface area contributed by atoms with E-state index in [1.807, 2.05) is 7.05 Å². The molecule has 0 radical (unpaired) electrons. The lowest BCUT2D eigenvalue weighted by molar-refractivity contribution is 0.191. The van der Waals surface area contributed by atoms with E-state index in [0.717, 1.165) is 13.1 Å². The molecule has 1 aromatic carbocycles. The SMILES string of the molecule is CCCN(Cc1ccccc1)C(C)CCNC. The number of benzene rings is 1. The Balaban J connectivity index is 2.53. The molecule has 96 valence electrons. The predicted octanol–water partition coefficient (Wildman–Crippen LogP) is 2.90. The van der Waals surface area contributed by atoms with Crippen molar-refractivity contribution in [1.82, 2.24) is 10.2 Å². The fourth-order valence-electron chi connectivity index (χ4n) is 2.10. The molecular weight excluding hydrogens is 208 g/mol. The van der Waals surface area contributed by atoms with Crippen molar-refractivity contribution in [3.05, 3.63) is 35.9 Å². The van der Waals surface area contributed by atoms with Gasteiger partial charge >= 0.3 is 0 Å². The minimum atomic E-state index is 0.641. The highest BCUT2D eigenvalue weighted by molar-refractivity contribution is 5.14. The molecule has 1 atom stereocenters. The summed E-state index contributed by atoms with van der Waals surface area (Å²) >= 11 is 0. The van der Waals surface area contributed by atoms with Gasteiger partial charge in [0.05, 0.1) is 0 Å². The molecule has 0 aromatic heterocycles. The Hall–Kier alpha value is -0.860. The van der Waals surface area contributed by atoms with Crippen LogP contribution in [0.25, 0.3) is 0 Å². The van der Waals surface area contributed by atoms with Gasteiger partial charge in [-0.05, 0) is 45.5 Å². The van der Waals surface area contributed by atoms with Crippen LogP contribution in [0.3, 0.4) is 0 Å². The lowest BCUT2D eigenvalue weighted by Gasteiger charge is -2.29. The lowest BCUT2D eigenvalue weighted by atomic mass is 10.1. The zero-order valence-electron chi connectivity index (χ0n) is 11.4. The van der Waals surface area contributed by atoms with E-state index < -0.39 is 0 Å². The Morgan fingerprint density at radius 3 is 2.53 bits per heavy atom. The molecule has 0 spiro atoms. The van der Waals surface area contributed by atoms with E-state index in [1.54, 1.807) is 0 Å². The fraction of sp³-hybridized carbons (Fsp3) is 0.600. The molecule has 0 aliphatic heterocycles. The first-order chi connectivity index (χ1) is 8.27. The van der Waals surface area contributed by atoms with Crippen LogP contribution in [0, 0.1) is 0 Å². The molecule has 17 heavy (non-hydrogen) atoms. The third-order valence-electron chi connectivity index (χ3n) is 3.17. The van der Waals surface area contributed by atoms with Crippen molar-refractivity contribution in [2.24, 2.45) is 0 Å². The maximum atomic E-state index is 3.23. The van der Waals surface area contributed by atoms with Crippen LogP contribution in [0.1, 0.15) is 32.3 Å². The van der Waals surface area contributed by atoms with E-state index >= 15 is 0 Å². The second-order valence-corrected chi connectivity index (χ2v) is 4.70. The van der Waals surface area contributed by atoms with E-state index in [9.17, 15) is 0 Å². The van der Waals surface area contributed by atoms with Gasteiger partial charge in [-0.25, -0.2) is 0 Å². The highest BCUT2D eigenvalue weighted by atomic mass is 15.1. The van der Waals surface area contributed by atoms with Crippen molar-refractivity contribution in [2.45, 2.75) is 39.3 Å². The minimum absolute atomic E-state index is 0.641. The average Bonchev–Trinajstić information content (AvgIpc) is 2.36. The molecule has 1 N–H and O–H groups in total. The van der Waals surface area contributed by atoms with Crippen LogP contribution in [0.2, 0.25) is 0 Å². The van der Waals surface area contributed by atoms with Crippen LogP contribution in [0.4, 0.5) is 0 Å². The molecular formula is C15H26N2. The zero-order chi connectivity index (χ0) is 12.5. The molecule has 1 unspecified atom stereocenters. The number of hydrogen-bond acceptors (Lipinski definition) is 2. The molecule has 0 heterocycles. The monoisotopic (exact) mass is 234 g/mol. The number of nitrogens with zero attached hydrogens (tertiary/aromatic N) is 1. The van der Waals surface area contributed by atoms with Gasteiger partial charge in [0.15, 0.2) is 0 Å². The van der Waals surface area contributed by atoms with Gasteiger partial charge in [-0.2, -0.15) is 0 Å². The van der Waals surface area contributed by atoms with E-state index in [4.69, 9.17) is 0 Å². The molecule has 0 saturated carbocycles. The quantitative estimate of drug-likeness (QED) is 0.744. The van der Waals surface area contributed by atoms with Gasteiger partial charge in [0, 0.05) is 12.6 Å². The van der Waals surface area contributed by atoms with Gasteiger partial charge in [-0.15, -0.1) is 0 Å². The van der Waals surface area contributed by atoms with Crippen molar-refractivity contribution >= 4 is 0 Å². The highest BCUT2D eigenvalue weighted by Gasteiger charge is 2.12. The Morgan fingerprint density at radius 1 is 1.24 bits per heavy atom. The summed E-state index contributed by atoms with van der Waals surface area (Å²) < 4.78 is 0. The van der Waals surface area contributed by atoms with Crippen molar-refractivity contribution in [1.29, 1.82) is 0 Å². The second-order valence-electron chi connectivity index (χ2n) is 4.70. The molecule has 0 bridgehead atoms. The summed E-state index contributed by atoms with van der Waals surface area (Å²) in [5.74, 6) is 0. The second kappa shape index (κ2) is 8.26. The van der Waals surface area contributed by atoms with Crippen molar-refractivity contribution in [3.63, 3.8) is 0 Å². The standard InChI is InChI=1S/C15H26N2/c1-4-12-17(14(2)10-11-16-3)13-15-8-6-5-7-9-15/h5-9,14,16H,4,10-13H2,1-3H3. The molecule has 0 saturated heterocycles. The first-order valence-electron chi connectivity index (χ1n) is 6.70. The average molecular weight is 234 g/mol. The van der Waals surface area contributed by atoms with Crippen molar-refractivity contribution in [2.75, 3.05) is 20.1 Å². The first kappa shape index (κ1) is 14.2. The first-order valence-corrected chi connectivity index (χ1v) is 6.70. The maximum Gasteiger partial charge on any atom is 0.0236 e. The zero-order valence-corrected chi connectivity index (χ0v) is 11.4. The summed E-state index contributed by atoms with van der Waals surface area (Å²) in [4.78, 5) is 2.58. The Labute approximate surface area is 106 Å². The van der Waals surface area contributed by atoms with Gasteiger partial charge in [0.1, 0.15) is 0 Å². The summed E-state index contributed by atoms with van der Waals surface area (Å²) in [6.45, 7) is 7.92. The largest absolute Gasteiger partial charge is 0.320 e. The highest BCUT2D eigenvalue weighted by Crippen LogP contribution is 2.10. The van der Waals surface area contributed by atoms with Crippen LogP contribution < -0.4 is 5.32 Å². The molecule has 2 nitrogen and oxygen atoms in total. The van der Waals surface area contributed by atoms with Crippen molar-refractivity contribution in [3.8, 4) is 0 Å². The smallest absolute Gasteiger partial charge is 0.0236 e. The van der Waals surface area contributed by atoms with Crippen LogP contribution in [0.15, 0.2) is 30.3 Å². The van der Waals surface area contributed by atoms with Gasteiger partial charge in [-0.3, -0.25) is 4.90 Å². The van der Waals surface area contributed by atoms with E-state index in [1.165, 1.54) is 24.9 Å². The summed E-state index contributed by atoms with van der Waals surface area (Å²) in [5, 5.41) is 3.23. The van der Waals surface area contributed by atoms with Crippen LogP contribution in [0.5, 0.6) is 0 Å². The molecule has 0 fully saturated rings. The Kier molecular flexibility index (Phi) is 6.90. The van der Waals surface area contributed by atoms with E-state index in [0.29, 0.717) is 6.04 Å². The Bertz CT molecular complexity index is 284. The molecule has 2 heteroatoms. The molecule has 1 aromatic rings. The van der Waals surface area contributed by atoms with E-state index in [2.05, 4.69) is 54.4 Å². The normalized spacial score (nSPS) is 12.9. The van der Waals surface area contributed by atoms with Crippen LogP contribution in [-0.2, 0) is 6.54 Å². The third kappa shape index (κ3) is 5.33. The van der Waals surface area contributed by atoms with Gasteiger partial charge in [0.2, 0.25) is 0 Å². The molecule has 1 rings (SSSR count). The summed E-state index contributed by atoms with van der Waals surface area (Å²) in [7, 11) is 2.02. The molecule has 0 aliphatic rings. The molecule has 0 aliphatic carbocycles. The summed E-state index contributed by atoms with van der Waals surface area (Å²) in [6.07, 6.45) is 2.43. The topological polar surface area (TPSA) is 15.3 Å². The van der Waals surface area contributed by atoms with Gasteiger partial charge < -0.3 is 5.32 Å².